The van der Waals surface area contributed by atoms with E-state index in [4.69, 9.17) is 4.42 Å². The van der Waals surface area contributed by atoms with E-state index in [-0.39, 0.29) is 16.9 Å². The van der Waals surface area contributed by atoms with Crippen LogP contribution in [-0.2, 0) is 0 Å². The van der Waals surface area contributed by atoms with Gasteiger partial charge in [-0.05, 0) is 19.1 Å². The molecular weight excluding hydrogens is 227 g/mol. The molecule has 2 rings (SSSR count). The second-order valence-corrected chi connectivity index (χ2v) is 3.55. The molecule has 17 heavy (non-hydrogen) atoms. The Morgan fingerprint density at radius 1 is 1.24 bits per heavy atom. The Kier molecular flexibility index (Phi) is 2.59. The Morgan fingerprint density at radius 2 is 1.94 bits per heavy atom. The monoisotopic (exact) mass is 236 g/mol. The first-order valence-electron chi connectivity index (χ1n) is 4.82. The Labute approximate surface area is 95.6 Å². The SMILES string of the molecule is Cc1c(O)c(O)c(-c2cccc(F)c2)oc1=O. The summed E-state index contributed by atoms with van der Waals surface area (Å²) in [7, 11) is 0. The molecule has 0 fully saturated rings. The molecule has 2 aromatic rings. The van der Waals surface area contributed by atoms with Crippen LogP contribution in [0.25, 0.3) is 11.3 Å². The maximum absolute atomic E-state index is 13.0. The summed E-state index contributed by atoms with van der Waals surface area (Å²) in [6, 6.07) is 5.16. The maximum atomic E-state index is 13.0. The van der Waals surface area contributed by atoms with Crippen molar-refractivity contribution in [2.75, 3.05) is 0 Å². The second-order valence-electron chi connectivity index (χ2n) is 3.55. The number of aromatic hydroxyl groups is 2. The molecule has 88 valence electrons. The third-order valence-corrected chi connectivity index (χ3v) is 2.38. The van der Waals surface area contributed by atoms with Crippen LogP contribution in [0.4, 0.5) is 4.39 Å². The highest BCUT2D eigenvalue weighted by molar-refractivity contribution is 5.67. The van der Waals surface area contributed by atoms with Crippen LogP contribution in [0.3, 0.4) is 0 Å². The summed E-state index contributed by atoms with van der Waals surface area (Å²) < 4.78 is 17.8. The minimum atomic E-state index is -0.778. The molecule has 5 heteroatoms. The zero-order chi connectivity index (χ0) is 12.6. The third kappa shape index (κ3) is 1.87. The van der Waals surface area contributed by atoms with E-state index in [1.165, 1.54) is 25.1 Å². The lowest BCUT2D eigenvalue weighted by Crippen LogP contribution is -2.04. The number of hydrogen-bond acceptors (Lipinski definition) is 4. The first-order valence-corrected chi connectivity index (χ1v) is 4.82. The number of benzene rings is 1. The highest BCUT2D eigenvalue weighted by Gasteiger charge is 2.17. The van der Waals surface area contributed by atoms with Crippen molar-refractivity contribution in [1.29, 1.82) is 0 Å². The second kappa shape index (κ2) is 3.93. The summed E-state index contributed by atoms with van der Waals surface area (Å²) in [5.74, 6) is -1.92. The molecule has 1 heterocycles. The van der Waals surface area contributed by atoms with Crippen LogP contribution in [0.5, 0.6) is 11.5 Å². The van der Waals surface area contributed by atoms with Gasteiger partial charge in [0.25, 0.3) is 0 Å². The van der Waals surface area contributed by atoms with Crippen molar-refractivity contribution in [3.8, 4) is 22.8 Å². The maximum Gasteiger partial charge on any atom is 0.343 e. The van der Waals surface area contributed by atoms with Crippen LogP contribution in [0.15, 0.2) is 33.5 Å². The van der Waals surface area contributed by atoms with Crippen molar-refractivity contribution in [2.24, 2.45) is 0 Å². The van der Waals surface area contributed by atoms with Gasteiger partial charge in [0, 0.05) is 5.56 Å². The van der Waals surface area contributed by atoms with Gasteiger partial charge in [0.1, 0.15) is 5.82 Å². The largest absolute Gasteiger partial charge is 0.504 e. The summed E-state index contributed by atoms with van der Waals surface area (Å²) in [6.07, 6.45) is 0. The predicted octanol–water partition coefficient (Wildman–Crippen LogP) is 2.17. The summed E-state index contributed by atoms with van der Waals surface area (Å²) in [4.78, 5) is 11.3. The molecule has 0 atom stereocenters. The Bertz CT molecular complexity index is 631. The van der Waals surface area contributed by atoms with Crippen molar-refractivity contribution in [3.63, 3.8) is 0 Å². The quantitative estimate of drug-likeness (QED) is 0.796. The molecule has 0 amide bonds. The molecule has 1 aromatic heterocycles. The molecule has 4 nitrogen and oxygen atoms in total. The highest BCUT2D eigenvalue weighted by Crippen LogP contribution is 2.36. The Hall–Kier alpha value is -2.30. The normalized spacial score (nSPS) is 10.5. The van der Waals surface area contributed by atoms with Crippen LogP contribution in [0.2, 0.25) is 0 Å². The van der Waals surface area contributed by atoms with Gasteiger partial charge in [-0.25, -0.2) is 9.18 Å². The molecule has 0 radical (unpaired) electrons. The fourth-order valence-corrected chi connectivity index (χ4v) is 1.42. The Morgan fingerprint density at radius 3 is 2.59 bits per heavy atom. The summed E-state index contributed by atoms with van der Waals surface area (Å²) in [5, 5.41) is 19.1. The van der Waals surface area contributed by atoms with E-state index in [1.54, 1.807) is 0 Å². The van der Waals surface area contributed by atoms with Gasteiger partial charge in [-0.3, -0.25) is 0 Å². The lowest BCUT2D eigenvalue weighted by molar-refractivity contribution is 0.372. The van der Waals surface area contributed by atoms with E-state index in [2.05, 4.69) is 0 Å². The molecule has 0 aliphatic heterocycles. The van der Waals surface area contributed by atoms with E-state index in [9.17, 15) is 19.4 Å². The lowest BCUT2D eigenvalue weighted by atomic mass is 10.1. The van der Waals surface area contributed by atoms with E-state index >= 15 is 0 Å². The topological polar surface area (TPSA) is 70.7 Å². The van der Waals surface area contributed by atoms with Crippen LogP contribution in [-0.4, -0.2) is 10.2 Å². The average Bonchev–Trinajstić information content (AvgIpc) is 2.31. The molecule has 2 N–H and O–H groups in total. The van der Waals surface area contributed by atoms with Gasteiger partial charge in [-0.15, -0.1) is 0 Å². The lowest BCUT2D eigenvalue weighted by Gasteiger charge is -2.06. The van der Waals surface area contributed by atoms with Gasteiger partial charge >= 0.3 is 5.63 Å². The van der Waals surface area contributed by atoms with Gasteiger partial charge in [-0.1, -0.05) is 12.1 Å². The molecule has 0 saturated carbocycles. The van der Waals surface area contributed by atoms with Crippen molar-refractivity contribution in [3.05, 3.63) is 46.1 Å². The van der Waals surface area contributed by atoms with Crippen molar-refractivity contribution < 1.29 is 19.0 Å². The first-order chi connectivity index (χ1) is 8.00. The van der Waals surface area contributed by atoms with Gasteiger partial charge in [0.2, 0.25) is 5.75 Å². The van der Waals surface area contributed by atoms with Gasteiger partial charge in [-0.2, -0.15) is 0 Å². The smallest absolute Gasteiger partial charge is 0.343 e. The minimum absolute atomic E-state index is 0.0948. The van der Waals surface area contributed by atoms with E-state index in [0.29, 0.717) is 0 Å². The molecule has 0 aliphatic carbocycles. The van der Waals surface area contributed by atoms with E-state index in [0.717, 1.165) is 6.07 Å². The van der Waals surface area contributed by atoms with Gasteiger partial charge in [0.15, 0.2) is 11.5 Å². The van der Waals surface area contributed by atoms with Crippen LogP contribution in [0.1, 0.15) is 5.56 Å². The fraction of sp³-hybridized carbons (Fsp3) is 0.0833. The molecule has 0 unspecified atom stereocenters. The first kappa shape index (κ1) is 11.2. The molecule has 0 bridgehead atoms. The Balaban J connectivity index is 2.73. The van der Waals surface area contributed by atoms with Gasteiger partial charge < -0.3 is 14.6 Å². The van der Waals surface area contributed by atoms with Crippen molar-refractivity contribution in [2.45, 2.75) is 6.92 Å². The summed E-state index contributed by atoms with van der Waals surface area (Å²) >= 11 is 0. The van der Waals surface area contributed by atoms with Crippen molar-refractivity contribution >= 4 is 0 Å². The van der Waals surface area contributed by atoms with Gasteiger partial charge in [0.05, 0.1) is 5.56 Å². The third-order valence-electron chi connectivity index (χ3n) is 2.38. The van der Waals surface area contributed by atoms with Crippen LogP contribution < -0.4 is 5.63 Å². The molecule has 0 spiro atoms. The zero-order valence-corrected chi connectivity index (χ0v) is 8.90. The predicted molar refractivity (Wildman–Crippen MR) is 58.4 cm³/mol. The van der Waals surface area contributed by atoms with E-state index in [1.807, 2.05) is 0 Å². The van der Waals surface area contributed by atoms with Crippen LogP contribution >= 0.6 is 0 Å². The summed E-state index contributed by atoms with van der Waals surface area (Å²) in [5.41, 5.74) is -0.697. The molecular formula is C12H9FO4. The number of hydrogen-bond donors (Lipinski definition) is 2. The van der Waals surface area contributed by atoms with E-state index < -0.39 is 22.9 Å². The number of halogens is 1. The average molecular weight is 236 g/mol. The number of rotatable bonds is 1. The van der Waals surface area contributed by atoms with Crippen LogP contribution in [0, 0.1) is 12.7 Å². The highest BCUT2D eigenvalue weighted by atomic mass is 19.1. The summed E-state index contributed by atoms with van der Waals surface area (Å²) in [6.45, 7) is 1.32. The molecule has 0 saturated heterocycles. The van der Waals surface area contributed by atoms with Crippen molar-refractivity contribution in [1.82, 2.24) is 0 Å². The molecule has 0 aliphatic rings. The minimum Gasteiger partial charge on any atom is -0.504 e. The fourth-order valence-electron chi connectivity index (χ4n) is 1.42. The molecule has 1 aromatic carbocycles. The zero-order valence-electron chi connectivity index (χ0n) is 8.90. The standard InChI is InChI=1S/C12H9FO4/c1-6-9(14)10(15)11(17-12(6)16)7-3-2-4-8(13)5-7/h2-5,14-15H,1H3.